The van der Waals surface area contributed by atoms with Crippen LogP contribution in [-0.2, 0) is 12.8 Å². The first-order valence-corrected chi connectivity index (χ1v) is 4.31. The fourth-order valence-corrected chi connectivity index (χ4v) is 2.30. The Morgan fingerprint density at radius 3 is 2.27 bits per heavy atom. The molecule has 3 rings (SSSR count). The van der Waals surface area contributed by atoms with Gasteiger partial charge in [-0.15, -0.1) is 0 Å². The minimum atomic E-state index is 1.26. The van der Waals surface area contributed by atoms with E-state index in [1.54, 1.807) is 16.8 Å². The lowest BCUT2D eigenvalue weighted by Crippen LogP contribution is -2.17. The van der Waals surface area contributed by atoms with Crippen LogP contribution in [0.3, 0.4) is 0 Å². The summed E-state index contributed by atoms with van der Waals surface area (Å²) in [6, 6.07) is 6.73. The van der Waals surface area contributed by atoms with E-state index in [2.05, 4.69) is 23.1 Å². The Hall–Kier alpha value is -0.980. The largest absolute Gasteiger partial charge is 0.370 e. The molecule has 2 aliphatic heterocycles. The summed E-state index contributed by atoms with van der Waals surface area (Å²) >= 11 is 0. The second kappa shape index (κ2) is 1.79. The van der Waals surface area contributed by atoms with Crippen molar-refractivity contribution in [2.24, 2.45) is 0 Å². The molecule has 0 spiro atoms. The van der Waals surface area contributed by atoms with Crippen LogP contribution in [0.2, 0.25) is 0 Å². The molecule has 1 aromatic carbocycles. The topological polar surface area (TPSA) is 3.24 Å². The van der Waals surface area contributed by atoms with Gasteiger partial charge in [-0.3, -0.25) is 0 Å². The number of nitrogens with zero attached hydrogens (tertiary/aromatic N) is 1. The molecule has 0 saturated carbocycles. The van der Waals surface area contributed by atoms with Gasteiger partial charge in [0.1, 0.15) is 0 Å². The first kappa shape index (κ1) is 5.64. The van der Waals surface area contributed by atoms with Crippen molar-refractivity contribution in [3.05, 3.63) is 29.3 Å². The average molecular weight is 145 g/mol. The van der Waals surface area contributed by atoms with Crippen molar-refractivity contribution in [3.8, 4) is 0 Å². The Morgan fingerprint density at radius 1 is 1.00 bits per heavy atom. The van der Waals surface area contributed by atoms with Gasteiger partial charge in [0.15, 0.2) is 0 Å². The molecule has 2 heterocycles. The predicted molar refractivity (Wildman–Crippen MR) is 46.1 cm³/mol. The number of hydrogen-bond acceptors (Lipinski definition) is 1. The lowest BCUT2D eigenvalue weighted by Gasteiger charge is -2.10. The second-order valence-corrected chi connectivity index (χ2v) is 3.41. The van der Waals surface area contributed by atoms with Gasteiger partial charge in [-0.05, 0) is 24.0 Å². The number of para-hydroxylation sites is 1. The minimum Gasteiger partial charge on any atom is -0.370 e. The molecule has 0 saturated heterocycles. The molecule has 0 unspecified atom stereocenters. The molecule has 1 nitrogen and oxygen atoms in total. The molecule has 0 radical (unpaired) electrons. The molecule has 0 fully saturated rings. The molecule has 0 aromatic heterocycles. The zero-order chi connectivity index (χ0) is 7.26. The molecular weight excluding hydrogens is 134 g/mol. The van der Waals surface area contributed by atoms with Crippen LogP contribution in [0.5, 0.6) is 0 Å². The number of benzene rings is 1. The highest BCUT2D eigenvalue weighted by atomic mass is 15.2. The van der Waals surface area contributed by atoms with E-state index in [9.17, 15) is 0 Å². The molecule has 0 atom stereocenters. The summed E-state index contributed by atoms with van der Waals surface area (Å²) < 4.78 is 0. The Bertz CT molecular complexity index is 277. The van der Waals surface area contributed by atoms with Crippen LogP contribution in [0.4, 0.5) is 5.69 Å². The Balaban J connectivity index is 2.31. The number of hydrogen-bond donors (Lipinski definition) is 0. The first-order chi connectivity index (χ1) is 5.45. The van der Waals surface area contributed by atoms with E-state index < -0.39 is 0 Å². The number of anilines is 1. The van der Waals surface area contributed by atoms with Crippen molar-refractivity contribution < 1.29 is 0 Å². The third-order valence-corrected chi connectivity index (χ3v) is 2.82. The van der Waals surface area contributed by atoms with Gasteiger partial charge in [-0.1, -0.05) is 18.2 Å². The molecule has 0 N–H and O–H groups in total. The summed E-state index contributed by atoms with van der Waals surface area (Å²) in [7, 11) is 0. The van der Waals surface area contributed by atoms with Crippen LogP contribution in [-0.4, -0.2) is 13.1 Å². The van der Waals surface area contributed by atoms with Crippen molar-refractivity contribution in [3.63, 3.8) is 0 Å². The lowest BCUT2D eigenvalue weighted by molar-refractivity contribution is 0.855. The molecule has 56 valence electrons. The molecule has 0 aliphatic carbocycles. The van der Waals surface area contributed by atoms with E-state index in [1.807, 2.05) is 0 Å². The SMILES string of the molecule is c1cc2c3c(c1)CCN3CC2. The third kappa shape index (κ3) is 0.609. The minimum absolute atomic E-state index is 1.26. The van der Waals surface area contributed by atoms with Crippen LogP contribution < -0.4 is 4.90 Å². The summed E-state index contributed by atoms with van der Waals surface area (Å²) in [6.07, 6.45) is 2.53. The van der Waals surface area contributed by atoms with E-state index in [1.165, 1.54) is 25.9 Å². The third-order valence-electron chi connectivity index (χ3n) is 2.82. The normalized spacial score (nSPS) is 19.1. The summed E-state index contributed by atoms with van der Waals surface area (Å²) in [5.74, 6) is 0. The molecule has 0 amide bonds. The summed E-state index contributed by atoms with van der Waals surface area (Å²) in [5.41, 5.74) is 4.70. The first-order valence-electron chi connectivity index (χ1n) is 4.31. The predicted octanol–water partition coefficient (Wildman–Crippen LogP) is 1.61. The molecule has 1 aromatic rings. The van der Waals surface area contributed by atoms with Crippen LogP contribution in [0, 0.1) is 0 Å². The summed E-state index contributed by atoms with van der Waals surface area (Å²) in [4.78, 5) is 2.52. The highest BCUT2D eigenvalue weighted by Crippen LogP contribution is 2.36. The van der Waals surface area contributed by atoms with Gasteiger partial charge in [0.05, 0.1) is 0 Å². The Morgan fingerprint density at radius 2 is 1.64 bits per heavy atom. The summed E-state index contributed by atoms with van der Waals surface area (Å²) in [6.45, 7) is 2.51. The average Bonchev–Trinajstić information content (AvgIpc) is 2.60. The van der Waals surface area contributed by atoms with Gasteiger partial charge in [0, 0.05) is 18.8 Å². The second-order valence-electron chi connectivity index (χ2n) is 3.41. The quantitative estimate of drug-likeness (QED) is 0.536. The molecule has 2 aliphatic rings. The van der Waals surface area contributed by atoms with E-state index >= 15 is 0 Å². The zero-order valence-electron chi connectivity index (χ0n) is 6.51. The van der Waals surface area contributed by atoms with E-state index in [4.69, 9.17) is 0 Å². The smallest absolute Gasteiger partial charge is 0.0432 e. The van der Waals surface area contributed by atoms with Crippen molar-refractivity contribution in [2.45, 2.75) is 12.8 Å². The monoisotopic (exact) mass is 145 g/mol. The maximum atomic E-state index is 2.52. The van der Waals surface area contributed by atoms with Crippen LogP contribution >= 0.6 is 0 Å². The standard InChI is InChI=1S/C10H11N/c1-2-8-4-6-11-7-5-9(3-1)10(8)11/h1-3H,4-7H2. The fourth-order valence-electron chi connectivity index (χ4n) is 2.30. The van der Waals surface area contributed by atoms with Gasteiger partial charge >= 0.3 is 0 Å². The van der Waals surface area contributed by atoms with Gasteiger partial charge in [-0.2, -0.15) is 0 Å². The van der Waals surface area contributed by atoms with Crippen LogP contribution in [0.25, 0.3) is 0 Å². The van der Waals surface area contributed by atoms with Gasteiger partial charge < -0.3 is 4.90 Å². The highest BCUT2D eigenvalue weighted by molar-refractivity contribution is 5.66. The van der Waals surface area contributed by atoms with Crippen LogP contribution in [0.15, 0.2) is 18.2 Å². The fraction of sp³-hybridized carbons (Fsp3) is 0.400. The highest BCUT2D eigenvalue weighted by Gasteiger charge is 2.26. The van der Waals surface area contributed by atoms with E-state index in [0.29, 0.717) is 0 Å². The van der Waals surface area contributed by atoms with Gasteiger partial charge in [0.25, 0.3) is 0 Å². The zero-order valence-corrected chi connectivity index (χ0v) is 6.51. The lowest BCUT2D eigenvalue weighted by atomic mass is 10.1. The molecule has 1 heteroatoms. The van der Waals surface area contributed by atoms with Crippen molar-refractivity contribution in [1.29, 1.82) is 0 Å². The van der Waals surface area contributed by atoms with E-state index in [-0.39, 0.29) is 0 Å². The Kier molecular flexibility index (Phi) is 0.916. The van der Waals surface area contributed by atoms with Crippen molar-refractivity contribution in [2.75, 3.05) is 18.0 Å². The maximum absolute atomic E-state index is 2.52. The molecular formula is C10H11N. The maximum Gasteiger partial charge on any atom is 0.0432 e. The number of rotatable bonds is 0. The van der Waals surface area contributed by atoms with Gasteiger partial charge in [-0.25, -0.2) is 0 Å². The van der Waals surface area contributed by atoms with E-state index in [0.717, 1.165) is 0 Å². The van der Waals surface area contributed by atoms with Gasteiger partial charge in [0.2, 0.25) is 0 Å². The van der Waals surface area contributed by atoms with Crippen molar-refractivity contribution >= 4 is 5.69 Å². The van der Waals surface area contributed by atoms with Crippen molar-refractivity contribution in [1.82, 2.24) is 0 Å². The summed E-state index contributed by atoms with van der Waals surface area (Å²) in [5, 5.41) is 0. The molecule has 11 heavy (non-hydrogen) atoms. The van der Waals surface area contributed by atoms with Crippen LogP contribution in [0.1, 0.15) is 11.1 Å². The molecule has 0 bridgehead atoms. The Labute approximate surface area is 66.6 Å².